The molecule has 1 fully saturated rings. The molecule has 0 spiro atoms. The summed E-state index contributed by atoms with van der Waals surface area (Å²) in [5.41, 5.74) is 4.16. The number of carbonyl (C=O) groups excluding carboxylic acids is 1. The van der Waals surface area contributed by atoms with Gasteiger partial charge in [0.2, 0.25) is 0 Å². The van der Waals surface area contributed by atoms with Crippen LogP contribution >= 0.6 is 0 Å². The summed E-state index contributed by atoms with van der Waals surface area (Å²) in [4.78, 5) is 11.4. The van der Waals surface area contributed by atoms with Gasteiger partial charge in [-0.3, -0.25) is 4.79 Å². The molecule has 3 unspecified atom stereocenters. The van der Waals surface area contributed by atoms with E-state index in [4.69, 9.17) is 4.74 Å². The first-order valence-electron chi connectivity index (χ1n) is 6.68. The van der Waals surface area contributed by atoms with Gasteiger partial charge in [0.05, 0.1) is 13.0 Å². The number of aryl methyl sites for hydroxylation is 1. The zero-order valence-electron chi connectivity index (χ0n) is 11.7. The van der Waals surface area contributed by atoms with Crippen LogP contribution in [0.3, 0.4) is 0 Å². The minimum atomic E-state index is -0.0341. The van der Waals surface area contributed by atoms with Crippen LogP contribution in [0.2, 0.25) is 0 Å². The van der Waals surface area contributed by atoms with Crippen LogP contribution in [0.4, 0.5) is 0 Å². The molecule has 2 rings (SSSR count). The SMILES string of the molecule is COC(=O)C1CC1CC(C)c1cccc(C)c1C. The zero-order chi connectivity index (χ0) is 13.3. The molecule has 0 heterocycles. The molecule has 98 valence electrons. The van der Waals surface area contributed by atoms with Gasteiger partial charge in [0, 0.05) is 0 Å². The Morgan fingerprint density at radius 2 is 2.17 bits per heavy atom. The van der Waals surface area contributed by atoms with E-state index in [1.165, 1.54) is 23.8 Å². The number of methoxy groups -OCH3 is 1. The van der Waals surface area contributed by atoms with Crippen LogP contribution in [0.15, 0.2) is 18.2 Å². The molecule has 18 heavy (non-hydrogen) atoms. The summed E-state index contributed by atoms with van der Waals surface area (Å²) in [6, 6.07) is 6.49. The van der Waals surface area contributed by atoms with E-state index >= 15 is 0 Å². The summed E-state index contributed by atoms with van der Waals surface area (Å²) in [5.74, 6) is 1.16. The summed E-state index contributed by atoms with van der Waals surface area (Å²) >= 11 is 0. The van der Waals surface area contributed by atoms with Gasteiger partial charge < -0.3 is 4.74 Å². The topological polar surface area (TPSA) is 26.3 Å². The van der Waals surface area contributed by atoms with E-state index in [2.05, 4.69) is 39.0 Å². The third kappa shape index (κ3) is 2.58. The second kappa shape index (κ2) is 5.13. The first-order chi connectivity index (χ1) is 8.54. The van der Waals surface area contributed by atoms with Crippen molar-refractivity contribution in [2.24, 2.45) is 11.8 Å². The molecular weight excluding hydrogens is 224 g/mol. The van der Waals surface area contributed by atoms with E-state index < -0.39 is 0 Å². The predicted octanol–water partition coefficient (Wildman–Crippen LogP) is 3.61. The Morgan fingerprint density at radius 3 is 2.83 bits per heavy atom. The average Bonchev–Trinajstić information content (AvgIpc) is 3.10. The smallest absolute Gasteiger partial charge is 0.308 e. The van der Waals surface area contributed by atoms with Crippen LogP contribution in [0.25, 0.3) is 0 Å². The Balaban J connectivity index is 1.99. The van der Waals surface area contributed by atoms with Gasteiger partial charge in [0.1, 0.15) is 0 Å². The van der Waals surface area contributed by atoms with Gasteiger partial charge in [-0.1, -0.05) is 25.1 Å². The fourth-order valence-electron chi connectivity index (χ4n) is 2.84. The van der Waals surface area contributed by atoms with Crippen molar-refractivity contribution in [3.63, 3.8) is 0 Å². The molecule has 0 saturated heterocycles. The second-order valence-electron chi connectivity index (χ2n) is 5.55. The van der Waals surface area contributed by atoms with E-state index in [-0.39, 0.29) is 11.9 Å². The molecule has 0 N–H and O–H groups in total. The van der Waals surface area contributed by atoms with E-state index in [9.17, 15) is 4.79 Å². The Morgan fingerprint density at radius 1 is 1.44 bits per heavy atom. The maximum atomic E-state index is 11.4. The van der Waals surface area contributed by atoms with Crippen molar-refractivity contribution in [3.05, 3.63) is 34.9 Å². The van der Waals surface area contributed by atoms with Gasteiger partial charge in [-0.05, 0) is 55.2 Å². The largest absolute Gasteiger partial charge is 0.469 e. The molecule has 1 aliphatic carbocycles. The van der Waals surface area contributed by atoms with Crippen molar-refractivity contribution in [2.45, 2.75) is 39.5 Å². The molecule has 1 aromatic carbocycles. The number of carbonyl (C=O) groups is 1. The number of rotatable bonds is 4. The van der Waals surface area contributed by atoms with Crippen molar-refractivity contribution in [1.29, 1.82) is 0 Å². The van der Waals surface area contributed by atoms with Crippen molar-refractivity contribution < 1.29 is 9.53 Å². The zero-order valence-corrected chi connectivity index (χ0v) is 11.7. The Kier molecular flexibility index (Phi) is 3.74. The van der Waals surface area contributed by atoms with Gasteiger partial charge in [0.15, 0.2) is 0 Å². The van der Waals surface area contributed by atoms with Crippen LogP contribution < -0.4 is 0 Å². The highest BCUT2D eigenvalue weighted by atomic mass is 16.5. The lowest BCUT2D eigenvalue weighted by Crippen LogP contribution is -2.06. The molecule has 0 amide bonds. The first kappa shape index (κ1) is 13.1. The lowest BCUT2D eigenvalue weighted by atomic mass is 9.89. The fraction of sp³-hybridized carbons (Fsp3) is 0.562. The highest BCUT2D eigenvalue weighted by molar-refractivity contribution is 5.75. The van der Waals surface area contributed by atoms with E-state index in [0.29, 0.717) is 11.8 Å². The second-order valence-corrected chi connectivity index (χ2v) is 5.55. The van der Waals surface area contributed by atoms with E-state index in [1.54, 1.807) is 0 Å². The van der Waals surface area contributed by atoms with Crippen LogP contribution in [-0.4, -0.2) is 13.1 Å². The van der Waals surface area contributed by atoms with Crippen molar-refractivity contribution in [3.8, 4) is 0 Å². The van der Waals surface area contributed by atoms with Crippen molar-refractivity contribution in [2.75, 3.05) is 7.11 Å². The molecule has 0 aliphatic heterocycles. The number of esters is 1. The highest BCUT2D eigenvalue weighted by Gasteiger charge is 2.44. The highest BCUT2D eigenvalue weighted by Crippen LogP contribution is 2.46. The Bertz CT molecular complexity index is 450. The van der Waals surface area contributed by atoms with Gasteiger partial charge in [-0.2, -0.15) is 0 Å². The standard InChI is InChI=1S/C16H22O2/c1-10-6-5-7-14(12(10)3)11(2)8-13-9-15(13)16(17)18-4/h5-7,11,13,15H,8-9H2,1-4H3. The number of hydrogen-bond acceptors (Lipinski definition) is 2. The molecular formula is C16H22O2. The quantitative estimate of drug-likeness (QED) is 0.759. The average molecular weight is 246 g/mol. The van der Waals surface area contributed by atoms with E-state index in [1.807, 2.05) is 0 Å². The van der Waals surface area contributed by atoms with Crippen molar-refractivity contribution in [1.82, 2.24) is 0 Å². The molecule has 2 heteroatoms. The minimum Gasteiger partial charge on any atom is -0.469 e. The van der Waals surface area contributed by atoms with Crippen LogP contribution in [0.5, 0.6) is 0 Å². The Hall–Kier alpha value is -1.31. The Labute approximate surface area is 109 Å². The molecule has 3 atom stereocenters. The summed E-state index contributed by atoms with van der Waals surface area (Å²) in [6.07, 6.45) is 2.09. The summed E-state index contributed by atoms with van der Waals surface area (Å²) < 4.78 is 4.80. The molecule has 1 aliphatic rings. The molecule has 0 aromatic heterocycles. The summed E-state index contributed by atoms with van der Waals surface area (Å²) in [5, 5.41) is 0. The van der Waals surface area contributed by atoms with Gasteiger partial charge in [-0.15, -0.1) is 0 Å². The lowest BCUT2D eigenvalue weighted by molar-refractivity contribution is -0.142. The molecule has 0 bridgehead atoms. The third-order valence-electron chi connectivity index (χ3n) is 4.26. The number of ether oxygens (including phenoxy) is 1. The van der Waals surface area contributed by atoms with Gasteiger partial charge >= 0.3 is 5.97 Å². The van der Waals surface area contributed by atoms with Crippen LogP contribution in [0.1, 0.15) is 42.4 Å². The van der Waals surface area contributed by atoms with E-state index in [0.717, 1.165) is 12.8 Å². The van der Waals surface area contributed by atoms with Crippen molar-refractivity contribution >= 4 is 5.97 Å². The van der Waals surface area contributed by atoms with Gasteiger partial charge in [0.25, 0.3) is 0 Å². The maximum Gasteiger partial charge on any atom is 0.308 e. The summed E-state index contributed by atoms with van der Waals surface area (Å²) in [7, 11) is 1.48. The fourth-order valence-corrected chi connectivity index (χ4v) is 2.84. The predicted molar refractivity (Wildman–Crippen MR) is 72.6 cm³/mol. The van der Waals surface area contributed by atoms with Gasteiger partial charge in [-0.25, -0.2) is 0 Å². The monoisotopic (exact) mass is 246 g/mol. The van der Waals surface area contributed by atoms with Crippen LogP contribution in [0, 0.1) is 25.7 Å². The first-order valence-corrected chi connectivity index (χ1v) is 6.68. The molecule has 2 nitrogen and oxygen atoms in total. The lowest BCUT2D eigenvalue weighted by Gasteiger charge is -2.16. The number of hydrogen-bond donors (Lipinski definition) is 0. The van der Waals surface area contributed by atoms with Crippen LogP contribution in [-0.2, 0) is 9.53 Å². The normalized spacial score (nSPS) is 23.6. The molecule has 0 radical (unpaired) electrons. The molecule has 1 aromatic rings. The third-order valence-corrected chi connectivity index (χ3v) is 4.26. The number of benzene rings is 1. The maximum absolute atomic E-state index is 11.4. The molecule has 1 saturated carbocycles. The summed E-state index contributed by atoms with van der Waals surface area (Å²) in [6.45, 7) is 6.60. The minimum absolute atomic E-state index is 0.0341.